The van der Waals surface area contributed by atoms with Gasteiger partial charge in [-0.15, -0.1) is 0 Å². The summed E-state index contributed by atoms with van der Waals surface area (Å²) < 4.78 is 11.0. The van der Waals surface area contributed by atoms with E-state index in [2.05, 4.69) is 29.4 Å². The van der Waals surface area contributed by atoms with Crippen molar-refractivity contribution in [3.63, 3.8) is 0 Å². The molecule has 0 N–H and O–H groups in total. The first kappa shape index (κ1) is 20.7. The van der Waals surface area contributed by atoms with Crippen LogP contribution in [0.1, 0.15) is 46.6 Å². The molecule has 3 aliphatic carbocycles. The lowest BCUT2D eigenvalue weighted by atomic mass is 9.55. The standard InChI is InChI=1S/C28H24N2O4/c1-3-34-22-14-16(12-13-21(22)33-2)15-29-30-27(31)25-23-17-8-4-5-9-18(17)24(26(25)28(30)32)20-11-7-6-10-19(20)23/h4-15,23-26H,3H2,1-2H3/b29-15-/t23?,24?,25-,26-/m1/s1. The number of rotatable bonds is 5. The highest BCUT2D eigenvalue weighted by molar-refractivity contribution is 6.08. The number of hydrazone groups is 1. The molecule has 34 heavy (non-hydrogen) atoms. The Balaban J connectivity index is 1.38. The average Bonchev–Trinajstić information content (AvgIpc) is 3.13. The van der Waals surface area contributed by atoms with Crippen LogP contribution < -0.4 is 9.47 Å². The first-order valence-electron chi connectivity index (χ1n) is 11.5. The van der Waals surface area contributed by atoms with Crippen LogP contribution in [0.15, 0.2) is 71.8 Å². The van der Waals surface area contributed by atoms with Crippen molar-refractivity contribution in [2.45, 2.75) is 18.8 Å². The van der Waals surface area contributed by atoms with Crippen molar-refractivity contribution >= 4 is 18.0 Å². The number of hydrogen-bond donors (Lipinski definition) is 0. The Bertz CT molecular complexity index is 1230. The zero-order valence-electron chi connectivity index (χ0n) is 19.0. The Hall–Kier alpha value is -3.93. The van der Waals surface area contributed by atoms with Crippen LogP contribution in [0.2, 0.25) is 0 Å². The molecule has 2 bridgehead atoms. The molecular formula is C28H24N2O4. The van der Waals surface area contributed by atoms with Crippen LogP contribution in [0.25, 0.3) is 0 Å². The van der Waals surface area contributed by atoms with Gasteiger partial charge in [-0.1, -0.05) is 48.5 Å². The van der Waals surface area contributed by atoms with Crippen LogP contribution in [0.4, 0.5) is 0 Å². The summed E-state index contributed by atoms with van der Waals surface area (Å²) in [5.41, 5.74) is 5.31. The average molecular weight is 453 g/mol. The van der Waals surface area contributed by atoms with Crippen LogP contribution in [0.5, 0.6) is 11.5 Å². The van der Waals surface area contributed by atoms with E-state index in [1.165, 1.54) is 6.21 Å². The van der Waals surface area contributed by atoms with Gasteiger partial charge in [0.05, 0.1) is 31.8 Å². The number of hydrogen-bond acceptors (Lipinski definition) is 5. The second-order valence-corrected chi connectivity index (χ2v) is 8.84. The van der Waals surface area contributed by atoms with E-state index in [1.54, 1.807) is 19.2 Å². The molecule has 1 aliphatic heterocycles. The molecule has 0 saturated carbocycles. The lowest BCUT2D eigenvalue weighted by Crippen LogP contribution is -2.41. The minimum absolute atomic E-state index is 0.135. The van der Waals surface area contributed by atoms with Crippen LogP contribution in [0, 0.1) is 11.8 Å². The molecule has 3 aromatic carbocycles. The van der Waals surface area contributed by atoms with E-state index in [1.807, 2.05) is 37.3 Å². The molecule has 7 rings (SSSR count). The van der Waals surface area contributed by atoms with Crippen molar-refractivity contribution in [1.82, 2.24) is 5.01 Å². The maximum atomic E-state index is 13.6. The largest absolute Gasteiger partial charge is 0.493 e. The number of ether oxygens (including phenoxy) is 2. The lowest BCUT2D eigenvalue weighted by Gasteiger charge is -2.45. The molecule has 2 atom stereocenters. The van der Waals surface area contributed by atoms with Gasteiger partial charge in [0, 0.05) is 11.8 Å². The molecule has 6 nitrogen and oxygen atoms in total. The second kappa shape index (κ2) is 7.83. The number of carbonyl (C=O) groups excluding carboxylic acids is 2. The molecule has 6 heteroatoms. The fourth-order valence-corrected chi connectivity index (χ4v) is 5.94. The SMILES string of the molecule is CCOc1cc(/C=N\N2C(=O)[C@@H]3C4c5ccccc5C(c5ccccc54)[C@H]3C2=O)ccc1OC. The van der Waals surface area contributed by atoms with Gasteiger partial charge in [-0.25, -0.2) is 0 Å². The number of benzene rings is 3. The monoisotopic (exact) mass is 452 g/mol. The first-order chi connectivity index (χ1) is 16.6. The Morgan fingerprint density at radius 2 is 1.35 bits per heavy atom. The summed E-state index contributed by atoms with van der Waals surface area (Å²) in [6.07, 6.45) is 1.54. The van der Waals surface area contributed by atoms with Crippen LogP contribution >= 0.6 is 0 Å². The number of imide groups is 1. The quantitative estimate of drug-likeness (QED) is 0.427. The molecule has 0 aromatic heterocycles. The van der Waals surface area contributed by atoms with Gasteiger partial charge in [0.15, 0.2) is 11.5 Å². The Morgan fingerprint density at radius 3 is 1.82 bits per heavy atom. The van der Waals surface area contributed by atoms with Crippen molar-refractivity contribution in [1.29, 1.82) is 0 Å². The number of carbonyl (C=O) groups is 2. The summed E-state index contributed by atoms with van der Waals surface area (Å²) >= 11 is 0. The van der Waals surface area contributed by atoms with Crippen molar-refractivity contribution in [3.05, 3.63) is 94.5 Å². The van der Waals surface area contributed by atoms with Gasteiger partial charge in [0.2, 0.25) is 0 Å². The van der Waals surface area contributed by atoms with E-state index in [0.29, 0.717) is 23.7 Å². The fraction of sp³-hybridized carbons (Fsp3) is 0.250. The van der Waals surface area contributed by atoms with Crippen molar-refractivity contribution < 1.29 is 19.1 Å². The first-order valence-corrected chi connectivity index (χ1v) is 11.5. The normalized spacial score (nSPS) is 24.2. The molecule has 0 unspecified atom stereocenters. The fourth-order valence-electron chi connectivity index (χ4n) is 5.94. The maximum Gasteiger partial charge on any atom is 0.254 e. The number of nitrogens with zero attached hydrogens (tertiary/aromatic N) is 2. The zero-order chi connectivity index (χ0) is 23.4. The molecule has 3 aromatic rings. The summed E-state index contributed by atoms with van der Waals surface area (Å²) in [4.78, 5) is 27.2. The van der Waals surface area contributed by atoms with E-state index in [9.17, 15) is 9.59 Å². The van der Waals surface area contributed by atoms with Gasteiger partial charge in [0.1, 0.15) is 0 Å². The maximum absolute atomic E-state index is 13.6. The van der Waals surface area contributed by atoms with Gasteiger partial charge in [0.25, 0.3) is 11.8 Å². The lowest BCUT2D eigenvalue weighted by molar-refractivity contribution is -0.139. The summed E-state index contributed by atoms with van der Waals surface area (Å²) in [6.45, 7) is 2.39. The molecule has 1 fully saturated rings. The molecular weight excluding hydrogens is 428 g/mol. The predicted molar refractivity (Wildman–Crippen MR) is 127 cm³/mol. The van der Waals surface area contributed by atoms with Crippen molar-refractivity contribution in [2.24, 2.45) is 16.9 Å². The molecule has 4 aliphatic rings. The van der Waals surface area contributed by atoms with Crippen molar-refractivity contribution in [3.8, 4) is 11.5 Å². The van der Waals surface area contributed by atoms with Crippen LogP contribution in [0.3, 0.4) is 0 Å². The van der Waals surface area contributed by atoms with Gasteiger partial charge in [-0.3, -0.25) is 9.59 Å². The molecule has 0 radical (unpaired) electrons. The Kier molecular flexibility index (Phi) is 4.76. The molecule has 170 valence electrons. The summed E-state index contributed by atoms with van der Waals surface area (Å²) in [5.74, 6) is -0.401. The van der Waals surface area contributed by atoms with E-state index in [4.69, 9.17) is 9.47 Å². The van der Waals surface area contributed by atoms with Crippen LogP contribution in [-0.4, -0.2) is 36.8 Å². The minimum Gasteiger partial charge on any atom is -0.493 e. The van der Waals surface area contributed by atoms with Gasteiger partial charge >= 0.3 is 0 Å². The topological polar surface area (TPSA) is 68.2 Å². The van der Waals surface area contributed by atoms with Gasteiger partial charge in [-0.05, 0) is 52.9 Å². The Morgan fingerprint density at radius 1 is 0.824 bits per heavy atom. The number of amides is 2. The smallest absolute Gasteiger partial charge is 0.254 e. The van der Waals surface area contributed by atoms with E-state index in [0.717, 1.165) is 27.3 Å². The van der Waals surface area contributed by atoms with E-state index >= 15 is 0 Å². The summed E-state index contributed by atoms with van der Waals surface area (Å²) in [5, 5.41) is 5.45. The zero-order valence-corrected chi connectivity index (χ0v) is 19.0. The summed E-state index contributed by atoms with van der Waals surface area (Å²) in [6, 6.07) is 21.8. The third-order valence-electron chi connectivity index (χ3n) is 7.24. The predicted octanol–water partition coefficient (Wildman–Crippen LogP) is 4.32. The van der Waals surface area contributed by atoms with Gasteiger partial charge in [-0.2, -0.15) is 10.1 Å². The molecule has 0 spiro atoms. The minimum atomic E-state index is -0.436. The third-order valence-corrected chi connectivity index (χ3v) is 7.24. The molecule has 1 heterocycles. The van der Waals surface area contributed by atoms with E-state index in [-0.39, 0.29) is 23.7 Å². The van der Waals surface area contributed by atoms with E-state index < -0.39 is 11.8 Å². The molecule has 1 saturated heterocycles. The number of methoxy groups -OCH3 is 1. The highest BCUT2D eigenvalue weighted by Crippen LogP contribution is 2.60. The van der Waals surface area contributed by atoms with Gasteiger partial charge < -0.3 is 9.47 Å². The highest BCUT2D eigenvalue weighted by Gasteiger charge is 2.61. The molecule has 2 amide bonds. The Labute approximate surface area is 197 Å². The van der Waals surface area contributed by atoms with Crippen LogP contribution in [-0.2, 0) is 9.59 Å². The van der Waals surface area contributed by atoms with Crippen molar-refractivity contribution in [2.75, 3.05) is 13.7 Å². The second-order valence-electron chi connectivity index (χ2n) is 8.84. The highest BCUT2D eigenvalue weighted by atomic mass is 16.5. The third kappa shape index (κ3) is 2.84. The summed E-state index contributed by atoms with van der Waals surface area (Å²) in [7, 11) is 1.58.